The Labute approximate surface area is 80.2 Å². The lowest BCUT2D eigenvalue weighted by Crippen LogP contribution is -2.03. The van der Waals surface area contributed by atoms with E-state index < -0.39 is 5.82 Å². The van der Waals surface area contributed by atoms with Gasteiger partial charge in [-0.25, -0.2) is 4.39 Å². The average molecular weight is 203 g/mol. The molecule has 0 aromatic heterocycles. The molecule has 0 N–H and O–H groups in total. The van der Waals surface area contributed by atoms with Crippen LogP contribution in [0.2, 0.25) is 5.02 Å². The first kappa shape index (κ1) is 8.78. The fraction of sp³-hybridized carbons (Fsp3) is 0.333. The number of hydrogen-bond acceptors (Lipinski definition) is 2. The molecule has 0 amide bonds. The molecule has 1 aliphatic heterocycles. The highest BCUT2D eigenvalue weighted by Gasteiger charge is 2.23. The predicted molar refractivity (Wildman–Crippen MR) is 46.6 cm³/mol. The molecule has 0 radical (unpaired) electrons. The van der Waals surface area contributed by atoms with Crippen molar-refractivity contribution >= 4 is 11.6 Å². The fourth-order valence-electron chi connectivity index (χ4n) is 0.920. The Bertz CT molecular complexity index is 312. The summed E-state index contributed by atoms with van der Waals surface area (Å²) in [6.45, 7) is 1.25. The molecule has 0 aliphatic carbocycles. The predicted octanol–water partition coefficient (Wildman–Crippen LogP) is 2.26. The van der Waals surface area contributed by atoms with Crippen LogP contribution in [0.15, 0.2) is 18.2 Å². The fourth-order valence-corrected chi connectivity index (χ4v) is 1.09. The van der Waals surface area contributed by atoms with Gasteiger partial charge in [0.05, 0.1) is 11.6 Å². The highest BCUT2D eigenvalue weighted by Crippen LogP contribution is 2.22. The minimum Gasteiger partial charge on any atom is -0.491 e. The third kappa shape index (κ3) is 2.32. The second-order valence-electron chi connectivity index (χ2n) is 2.84. The largest absolute Gasteiger partial charge is 0.491 e. The molecular weight excluding hydrogens is 195 g/mol. The van der Waals surface area contributed by atoms with Gasteiger partial charge in [-0.2, -0.15) is 0 Å². The Kier molecular flexibility index (Phi) is 2.38. The second kappa shape index (κ2) is 3.52. The van der Waals surface area contributed by atoms with Gasteiger partial charge in [0.15, 0.2) is 0 Å². The first-order chi connectivity index (χ1) is 6.25. The van der Waals surface area contributed by atoms with Crippen molar-refractivity contribution in [1.82, 2.24) is 0 Å². The Morgan fingerprint density at radius 1 is 1.62 bits per heavy atom. The average Bonchev–Trinajstić information content (AvgIpc) is 2.91. The summed E-state index contributed by atoms with van der Waals surface area (Å²) >= 11 is 5.56. The third-order valence-corrected chi connectivity index (χ3v) is 2.02. The smallest absolute Gasteiger partial charge is 0.142 e. The summed E-state index contributed by atoms with van der Waals surface area (Å²) in [6, 6.07) is 4.29. The van der Waals surface area contributed by atoms with E-state index in [0.29, 0.717) is 12.4 Å². The molecule has 4 heteroatoms. The molecule has 1 heterocycles. The van der Waals surface area contributed by atoms with Crippen molar-refractivity contribution in [3.05, 3.63) is 29.0 Å². The molecule has 2 rings (SSSR count). The molecule has 1 aliphatic rings. The molecular formula is C9H8ClFO2. The molecule has 0 saturated carbocycles. The maximum Gasteiger partial charge on any atom is 0.142 e. The summed E-state index contributed by atoms with van der Waals surface area (Å²) in [5.74, 6) is 0.138. The normalized spacial score (nSPS) is 20.0. The summed E-state index contributed by atoms with van der Waals surface area (Å²) in [7, 11) is 0. The van der Waals surface area contributed by atoms with Crippen LogP contribution in [0.25, 0.3) is 0 Å². The zero-order valence-corrected chi connectivity index (χ0v) is 7.55. The van der Waals surface area contributed by atoms with E-state index in [1.807, 2.05) is 0 Å². The van der Waals surface area contributed by atoms with Crippen LogP contribution in [0.4, 0.5) is 4.39 Å². The highest BCUT2D eigenvalue weighted by molar-refractivity contribution is 6.30. The van der Waals surface area contributed by atoms with E-state index in [4.69, 9.17) is 21.1 Å². The van der Waals surface area contributed by atoms with Gasteiger partial charge in [-0.3, -0.25) is 0 Å². The van der Waals surface area contributed by atoms with E-state index in [2.05, 4.69) is 0 Å². The van der Waals surface area contributed by atoms with Crippen LogP contribution in [0.5, 0.6) is 5.75 Å². The molecule has 2 nitrogen and oxygen atoms in total. The Hall–Kier alpha value is -0.800. The number of hydrogen-bond donors (Lipinski definition) is 0. The van der Waals surface area contributed by atoms with Gasteiger partial charge >= 0.3 is 0 Å². The molecule has 1 aromatic carbocycles. The van der Waals surface area contributed by atoms with Crippen molar-refractivity contribution in [3.63, 3.8) is 0 Å². The number of epoxide rings is 1. The second-order valence-corrected chi connectivity index (χ2v) is 3.25. The van der Waals surface area contributed by atoms with Gasteiger partial charge in [0.2, 0.25) is 0 Å². The van der Waals surface area contributed by atoms with Gasteiger partial charge in [0, 0.05) is 6.07 Å². The van der Waals surface area contributed by atoms with Crippen molar-refractivity contribution in [2.45, 2.75) is 6.10 Å². The molecule has 0 unspecified atom stereocenters. The third-order valence-electron chi connectivity index (χ3n) is 1.73. The molecule has 1 atom stereocenters. The number of halogens is 2. The van der Waals surface area contributed by atoms with E-state index in [0.717, 1.165) is 6.61 Å². The van der Waals surface area contributed by atoms with Crippen molar-refractivity contribution in [1.29, 1.82) is 0 Å². The minimum absolute atomic E-state index is 0.0780. The van der Waals surface area contributed by atoms with E-state index in [-0.39, 0.29) is 11.1 Å². The SMILES string of the molecule is Fc1ccc(OC[C@H]2CO2)cc1Cl. The van der Waals surface area contributed by atoms with Crippen LogP contribution < -0.4 is 4.74 Å². The quantitative estimate of drug-likeness (QED) is 0.702. The van der Waals surface area contributed by atoms with E-state index in [1.54, 1.807) is 6.07 Å². The standard InChI is InChI=1S/C9H8ClFO2/c10-8-3-6(1-2-9(8)11)12-4-7-5-13-7/h1-3,7H,4-5H2/t7-/m0/s1. The summed E-state index contributed by atoms with van der Waals surface area (Å²) in [4.78, 5) is 0. The Balaban J connectivity index is 1.98. The zero-order valence-electron chi connectivity index (χ0n) is 6.80. The maximum atomic E-state index is 12.7. The summed E-state index contributed by atoms with van der Waals surface area (Å²) in [5, 5.41) is 0.0780. The topological polar surface area (TPSA) is 21.8 Å². The number of benzene rings is 1. The van der Waals surface area contributed by atoms with Crippen LogP contribution in [0.1, 0.15) is 0 Å². The lowest BCUT2D eigenvalue weighted by Gasteiger charge is -2.04. The van der Waals surface area contributed by atoms with Crippen molar-refractivity contribution in [3.8, 4) is 5.75 Å². The summed E-state index contributed by atoms with van der Waals surface area (Å²) in [5.41, 5.74) is 0. The van der Waals surface area contributed by atoms with Gasteiger partial charge in [-0.1, -0.05) is 11.6 Å². The minimum atomic E-state index is -0.434. The Morgan fingerprint density at radius 3 is 3.00 bits per heavy atom. The maximum absolute atomic E-state index is 12.7. The van der Waals surface area contributed by atoms with Crippen LogP contribution >= 0.6 is 11.6 Å². The van der Waals surface area contributed by atoms with Gasteiger partial charge in [-0.05, 0) is 12.1 Å². The molecule has 1 aromatic rings. The van der Waals surface area contributed by atoms with E-state index in [1.165, 1.54) is 12.1 Å². The highest BCUT2D eigenvalue weighted by atomic mass is 35.5. The van der Waals surface area contributed by atoms with E-state index in [9.17, 15) is 4.39 Å². The van der Waals surface area contributed by atoms with Crippen LogP contribution in [-0.4, -0.2) is 19.3 Å². The van der Waals surface area contributed by atoms with Gasteiger partial charge in [0.25, 0.3) is 0 Å². The first-order valence-electron chi connectivity index (χ1n) is 3.95. The van der Waals surface area contributed by atoms with Crippen LogP contribution in [0.3, 0.4) is 0 Å². The zero-order chi connectivity index (χ0) is 9.26. The molecule has 1 fully saturated rings. The summed E-state index contributed by atoms with van der Waals surface area (Å²) < 4.78 is 22.9. The van der Waals surface area contributed by atoms with E-state index >= 15 is 0 Å². The molecule has 70 valence electrons. The molecule has 0 spiro atoms. The van der Waals surface area contributed by atoms with Gasteiger partial charge in [-0.15, -0.1) is 0 Å². The Morgan fingerprint density at radius 2 is 2.38 bits per heavy atom. The number of rotatable bonds is 3. The molecule has 13 heavy (non-hydrogen) atoms. The number of ether oxygens (including phenoxy) is 2. The van der Waals surface area contributed by atoms with Crippen LogP contribution in [0, 0.1) is 5.82 Å². The summed E-state index contributed by atoms with van der Waals surface area (Å²) in [6.07, 6.45) is 0.198. The van der Waals surface area contributed by atoms with Gasteiger partial charge < -0.3 is 9.47 Å². The van der Waals surface area contributed by atoms with Gasteiger partial charge in [0.1, 0.15) is 24.3 Å². The molecule has 0 bridgehead atoms. The van der Waals surface area contributed by atoms with Crippen molar-refractivity contribution < 1.29 is 13.9 Å². The lowest BCUT2D eigenvalue weighted by atomic mass is 10.3. The monoisotopic (exact) mass is 202 g/mol. The van der Waals surface area contributed by atoms with Crippen molar-refractivity contribution in [2.75, 3.05) is 13.2 Å². The van der Waals surface area contributed by atoms with Crippen LogP contribution in [-0.2, 0) is 4.74 Å². The van der Waals surface area contributed by atoms with Crippen molar-refractivity contribution in [2.24, 2.45) is 0 Å². The first-order valence-corrected chi connectivity index (χ1v) is 4.33. The molecule has 1 saturated heterocycles. The lowest BCUT2D eigenvalue weighted by molar-refractivity contribution is 0.263.